The molecule has 0 unspecified atom stereocenters. The zero-order valence-corrected chi connectivity index (χ0v) is 35.0. The number of H-pyrrole nitrogens is 4. The fraction of sp³-hybridized carbons (Fsp3) is 0.0345. The number of nitrogens with zero attached hydrogens (tertiary/aromatic N) is 4. The number of hydrogen-bond donors (Lipinski definition) is 4. The molecule has 0 aliphatic rings. The Morgan fingerprint density at radius 1 is 0.438 bits per heavy atom. The summed E-state index contributed by atoms with van der Waals surface area (Å²) >= 11 is -1.75. The van der Waals surface area contributed by atoms with Crippen LogP contribution >= 0.6 is 67.8 Å². The van der Waals surface area contributed by atoms with E-state index in [-0.39, 0.29) is 42.5 Å². The van der Waals surface area contributed by atoms with Crippen LogP contribution < -0.4 is 29.6 Å². The van der Waals surface area contributed by atoms with Gasteiger partial charge in [-0.2, -0.15) is 20.4 Å². The summed E-state index contributed by atoms with van der Waals surface area (Å²) in [6.45, 7) is 0. The van der Waals surface area contributed by atoms with Gasteiger partial charge >= 0.3 is 121 Å². The maximum absolute atomic E-state index is 5.00. The smallest absolute Gasteiger partial charge is 0.278 e. The molecule has 0 spiro atoms. The Labute approximate surface area is 336 Å². The van der Waals surface area contributed by atoms with Gasteiger partial charge in [-0.1, -0.05) is 80.2 Å². The van der Waals surface area contributed by atoms with Crippen LogP contribution in [0.2, 0.25) is 0 Å². The molecule has 0 bridgehead atoms. The molecule has 0 aliphatic heterocycles. The number of benzene rings is 4. The van der Waals surface area contributed by atoms with Crippen LogP contribution in [0.25, 0.3) is 43.6 Å². The second-order valence-electron chi connectivity index (χ2n) is 8.28. The largest absolute Gasteiger partial charge is 1.00 e. The minimum absolute atomic E-state index is 0. The maximum Gasteiger partial charge on any atom is 1.00 e. The number of hydrogen-bond acceptors (Lipinski definition) is 4. The van der Waals surface area contributed by atoms with Gasteiger partial charge in [-0.15, -0.1) is 0 Å². The SMILES string of the molecule is C.O.[Cl][Ru]([Cl])([Cl])[Cl].[Cl][Ru]([Cl])[Cl].[Na+].c1ccc2[nH]ncc2c1.c1ccc2[nH]ncc2c1.c1ccc2[nH]ncc2c1.c1ccc2[nH]ncc2c1. The van der Waals surface area contributed by atoms with E-state index in [0.717, 1.165) is 43.6 Å². The van der Waals surface area contributed by atoms with Crippen LogP contribution in [0.1, 0.15) is 7.43 Å². The van der Waals surface area contributed by atoms with E-state index in [4.69, 9.17) is 67.8 Å². The van der Waals surface area contributed by atoms with Crippen molar-refractivity contribution in [3.63, 3.8) is 0 Å². The van der Waals surface area contributed by atoms with Gasteiger partial charge in [0.25, 0.3) is 0 Å². The average molecular weight is 980 g/mol. The van der Waals surface area contributed by atoms with Crippen molar-refractivity contribution in [2.24, 2.45) is 0 Å². The Morgan fingerprint density at radius 2 is 0.604 bits per heavy atom. The molecule has 4 aromatic carbocycles. The second kappa shape index (κ2) is 25.9. The van der Waals surface area contributed by atoms with Gasteiger partial charge in [-0.25, -0.2) is 0 Å². The summed E-state index contributed by atoms with van der Waals surface area (Å²) in [7, 11) is 31.9. The van der Waals surface area contributed by atoms with E-state index in [9.17, 15) is 0 Å². The molecule has 8 aromatic rings. The van der Waals surface area contributed by atoms with E-state index >= 15 is 0 Å². The van der Waals surface area contributed by atoms with Crippen LogP contribution in [-0.4, -0.2) is 46.3 Å². The summed E-state index contributed by atoms with van der Waals surface area (Å²) in [4.78, 5) is 0. The zero-order chi connectivity index (χ0) is 32.5. The first-order valence-corrected chi connectivity index (χ1v) is 28.0. The number of aromatic amines is 4. The molecular weight excluding hydrogens is 950 g/mol. The Hall–Kier alpha value is -1.00. The van der Waals surface area contributed by atoms with Crippen LogP contribution in [-0.2, 0) is 23.8 Å². The third-order valence-electron chi connectivity index (χ3n) is 5.40. The van der Waals surface area contributed by atoms with Gasteiger partial charge in [0.05, 0.1) is 46.9 Å². The van der Waals surface area contributed by atoms with Crippen LogP contribution in [0.3, 0.4) is 0 Å². The first kappa shape index (κ1) is 47.0. The number of aromatic nitrogens is 8. The van der Waals surface area contributed by atoms with Crippen molar-refractivity contribution in [3.8, 4) is 0 Å². The molecule has 6 N–H and O–H groups in total. The molecule has 48 heavy (non-hydrogen) atoms. The van der Waals surface area contributed by atoms with Crippen molar-refractivity contribution in [2.75, 3.05) is 0 Å². The molecule has 19 heteroatoms. The topological polar surface area (TPSA) is 146 Å². The number of rotatable bonds is 0. The Balaban J connectivity index is 0.000000558. The Bertz CT molecular complexity index is 1570. The molecule has 0 radical (unpaired) electrons. The molecule has 0 saturated heterocycles. The summed E-state index contributed by atoms with van der Waals surface area (Å²) in [5, 5.41) is 31.6. The van der Waals surface area contributed by atoms with E-state index < -0.39 is 23.8 Å². The van der Waals surface area contributed by atoms with E-state index in [0.29, 0.717) is 0 Å². The minimum Gasteiger partial charge on any atom is -0.278 e. The van der Waals surface area contributed by atoms with Crippen LogP contribution in [0.5, 0.6) is 0 Å². The first-order chi connectivity index (χ1) is 21.6. The second-order valence-corrected chi connectivity index (χ2v) is 32.0. The molecule has 257 valence electrons. The predicted molar refractivity (Wildman–Crippen MR) is 196 cm³/mol. The van der Waals surface area contributed by atoms with Crippen molar-refractivity contribution in [2.45, 2.75) is 7.43 Å². The van der Waals surface area contributed by atoms with Crippen LogP contribution in [0.15, 0.2) is 122 Å². The van der Waals surface area contributed by atoms with E-state index in [2.05, 4.69) is 40.8 Å². The maximum atomic E-state index is 5.00. The summed E-state index contributed by atoms with van der Waals surface area (Å²) in [5.41, 5.74) is 4.38. The van der Waals surface area contributed by atoms with Gasteiger partial charge in [0.1, 0.15) is 0 Å². The molecule has 0 fully saturated rings. The molecule has 0 atom stereocenters. The Kier molecular flexibility index (Phi) is 25.3. The van der Waals surface area contributed by atoms with E-state index in [1.807, 2.05) is 122 Å². The third-order valence-corrected chi connectivity index (χ3v) is 5.40. The summed E-state index contributed by atoms with van der Waals surface area (Å²) in [5.74, 6) is 0. The third kappa shape index (κ3) is 19.4. The fourth-order valence-corrected chi connectivity index (χ4v) is 3.53. The fourth-order valence-electron chi connectivity index (χ4n) is 3.53. The number of fused-ring (bicyclic) bond motifs is 4. The molecule has 8 rings (SSSR count). The average Bonchev–Trinajstić information content (AvgIpc) is 3.83. The molecule has 9 nitrogen and oxygen atoms in total. The molecule has 4 heterocycles. The van der Waals surface area contributed by atoms with Crippen molar-refractivity contribution in [1.29, 1.82) is 0 Å². The number of halogens is 7. The van der Waals surface area contributed by atoms with Gasteiger partial charge in [0, 0.05) is 21.5 Å². The Morgan fingerprint density at radius 3 is 0.771 bits per heavy atom. The zero-order valence-electron chi connectivity index (χ0n) is 24.2. The van der Waals surface area contributed by atoms with Crippen molar-refractivity contribution in [3.05, 3.63) is 122 Å². The molecule has 0 saturated carbocycles. The number of nitrogens with one attached hydrogen (secondary N) is 4. The quantitative estimate of drug-likeness (QED) is 0.115. The van der Waals surface area contributed by atoms with Gasteiger partial charge in [-0.05, 0) is 24.3 Å². The van der Waals surface area contributed by atoms with Crippen molar-refractivity contribution < 1.29 is 58.8 Å². The molecule has 4 aromatic heterocycles. The first-order valence-electron chi connectivity index (χ1n) is 12.3. The predicted octanol–water partition coefficient (Wildman–Crippen LogP) is 7.89. The molecular formula is C29H30Cl7N8NaORu2+. The molecule has 0 amide bonds. The van der Waals surface area contributed by atoms with E-state index in [1.54, 1.807) is 0 Å². The standard InChI is InChI=1S/4C7H6N2.CH4.7ClH.Na.H2O.2Ru/c4*1-2-4-7-6(3-1)5-8-9-7;;;;;;;;;;;;/h4*1-5H,(H,8,9);1H4;7*1H;;1H2;;/q;;;;;;;;;;;;+1;;+3;+4/p-7. The summed E-state index contributed by atoms with van der Waals surface area (Å²) in [6.07, 6.45) is 7.26. The minimum atomic E-state index is -2.97. The van der Waals surface area contributed by atoms with Gasteiger partial charge in [0.2, 0.25) is 0 Å². The summed E-state index contributed by atoms with van der Waals surface area (Å²) < 4.78 is 0. The van der Waals surface area contributed by atoms with Crippen molar-refractivity contribution >= 4 is 111 Å². The van der Waals surface area contributed by atoms with Crippen LogP contribution in [0.4, 0.5) is 0 Å². The monoisotopic (exact) mass is 978 g/mol. The van der Waals surface area contributed by atoms with Gasteiger partial charge in [0.15, 0.2) is 0 Å². The number of para-hydroxylation sites is 4. The van der Waals surface area contributed by atoms with Gasteiger partial charge < -0.3 is 5.48 Å². The van der Waals surface area contributed by atoms with Crippen molar-refractivity contribution in [1.82, 2.24) is 40.8 Å². The van der Waals surface area contributed by atoms with Gasteiger partial charge in [-0.3, -0.25) is 20.4 Å². The summed E-state index contributed by atoms with van der Waals surface area (Å²) in [6, 6.07) is 32.1. The molecule has 0 aliphatic carbocycles. The van der Waals surface area contributed by atoms with E-state index in [1.165, 1.54) is 0 Å². The normalized spacial score (nSPS) is 10.2. The van der Waals surface area contributed by atoms with Crippen LogP contribution in [0, 0.1) is 0 Å².